The van der Waals surface area contributed by atoms with Crippen LogP contribution < -0.4 is 10.2 Å². The molecule has 29 heavy (non-hydrogen) atoms. The van der Waals surface area contributed by atoms with E-state index in [1.54, 1.807) is 30.3 Å². The number of para-hydroxylation sites is 1. The lowest BCUT2D eigenvalue weighted by atomic mass is 10.2. The van der Waals surface area contributed by atoms with Crippen molar-refractivity contribution in [2.75, 3.05) is 48.7 Å². The van der Waals surface area contributed by atoms with E-state index in [0.717, 1.165) is 44.0 Å². The van der Waals surface area contributed by atoms with Crippen LogP contribution in [0.2, 0.25) is 5.02 Å². The predicted octanol–water partition coefficient (Wildman–Crippen LogP) is 3.20. The van der Waals surface area contributed by atoms with Crippen LogP contribution in [0.15, 0.2) is 47.4 Å². The zero-order chi connectivity index (χ0) is 21.0. The molecular formula is C21H26ClN3O3S. The SMILES string of the molecule is CCN1CCN(c2c(Cl)cccc2NC(=O)CS(=O)(=O)c2ccc(C)cc2)CC1. The van der Waals surface area contributed by atoms with Gasteiger partial charge in [-0.3, -0.25) is 4.79 Å². The minimum absolute atomic E-state index is 0.139. The highest BCUT2D eigenvalue weighted by molar-refractivity contribution is 7.92. The van der Waals surface area contributed by atoms with Crippen molar-refractivity contribution in [3.05, 3.63) is 53.1 Å². The van der Waals surface area contributed by atoms with Crippen molar-refractivity contribution in [2.45, 2.75) is 18.7 Å². The molecule has 2 aromatic carbocycles. The van der Waals surface area contributed by atoms with Crippen LogP contribution in [0.1, 0.15) is 12.5 Å². The summed E-state index contributed by atoms with van der Waals surface area (Å²) in [6.07, 6.45) is 0. The van der Waals surface area contributed by atoms with Gasteiger partial charge in [-0.25, -0.2) is 8.42 Å². The molecule has 0 radical (unpaired) electrons. The first-order valence-corrected chi connectivity index (χ1v) is 11.7. The molecule has 0 atom stereocenters. The van der Waals surface area contributed by atoms with E-state index < -0.39 is 21.5 Å². The molecule has 6 nitrogen and oxygen atoms in total. The van der Waals surface area contributed by atoms with Gasteiger partial charge >= 0.3 is 0 Å². The molecular weight excluding hydrogens is 410 g/mol. The van der Waals surface area contributed by atoms with Crippen LogP contribution in [0.4, 0.5) is 11.4 Å². The molecule has 0 bridgehead atoms. The molecule has 0 spiro atoms. The number of halogens is 1. The van der Waals surface area contributed by atoms with Crippen LogP contribution in [0.25, 0.3) is 0 Å². The lowest BCUT2D eigenvalue weighted by Gasteiger charge is -2.36. The Bertz CT molecular complexity index is 969. The van der Waals surface area contributed by atoms with Crippen LogP contribution in [0, 0.1) is 6.92 Å². The van der Waals surface area contributed by atoms with Gasteiger partial charge in [0.15, 0.2) is 9.84 Å². The van der Waals surface area contributed by atoms with Gasteiger partial charge < -0.3 is 15.1 Å². The van der Waals surface area contributed by atoms with Crippen molar-refractivity contribution in [1.29, 1.82) is 0 Å². The normalized spacial score (nSPS) is 15.3. The van der Waals surface area contributed by atoms with Gasteiger partial charge in [-0.15, -0.1) is 0 Å². The van der Waals surface area contributed by atoms with E-state index in [4.69, 9.17) is 11.6 Å². The summed E-state index contributed by atoms with van der Waals surface area (Å²) in [5.41, 5.74) is 2.23. The van der Waals surface area contributed by atoms with Crippen molar-refractivity contribution in [2.24, 2.45) is 0 Å². The number of rotatable bonds is 6. The van der Waals surface area contributed by atoms with Crippen LogP contribution in [-0.4, -0.2) is 57.7 Å². The molecule has 1 saturated heterocycles. The molecule has 1 heterocycles. The molecule has 0 unspecified atom stereocenters. The third-order valence-electron chi connectivity index (χ3n) is 5.10. The summed E-state index contributed by atoms with van der Waals surface area (Å²) >= 11 is 6.44. The second-order valence-electron chi connectivity index (χ2n) is 7.18. The van der Waals surface area contributed by atoms with Gasteiger partial charge in [0.2, 0.25) is 5.91 Å². The molecule has 0 aliphatic carbocycles. The summed E-state index contributed by atoms with van der Waals surface area (Å²) in [6, 6.07) is 11.8. The molecule has 2 aromatic rings. The molecule has 1 fully saturated rings. The Morgan fingerprint density at radius 2 is 1.72 bits per heavy atom. The lowest BCUT2D eigenvalue weighted by Crippen LogP contribution is -2.46. The molecule has 8 heteroatoms. The second kappa shape index (κ2) is 9.15. The fourth-order valence-electron chi connectivity index (χ4n) is 3.41. The predicted molar refractivity (Wildman–Crippen MR) is 118 cm³/mol. The van der Waals surface area contributed by atoms with E-state index in [1.165, 1.54) is 12.1 Å². The first kappa shape index (κ1) is 21.6. The monoisotopic (exact) mass is 435 g/mol. The van der Waals surface area contributed by atoms with Crippen molar-refractivity contribution in [3.63, 3.8) is 0 Å². The number of amides is 1. The number of carbonyl (C=O) groups excluding carboxylic acids is 1. The average molecular weight is 436 g/mol. The average Bonchev–Trinajstić information content (AvgIpc) is 2.68. The molecule has 1 aliphatic heterocycles. The number of nitrogens with one attached hydrogen (secondary N) is 1. The Hall–Kier alpha value is -2.09. The molecule has 0 saturated carbocycles. The molecule has 3 rings (SSSR count). The van der Waals surface area contributed by atoms with E-state index in [-0.39, 0.29) is 4.90 Å². The van der Waals surface area contributed by atoms with E-state index >= 15 is 0 Å². The summed E-state index contributed by atoms with van der Waals surface area (Å²) < 4.78 is 25.1. The first-order valence-electron chi connectivity index (χ1n) is 9.65. The summed E-state index contributed by atoms with van der Waals surface area (Å²) in [6.45, 7) is 8.42. The number of hydrogen-bond donors (Lipinski definition) is 1. The molecule has 156 valence electrons. The van der Waals surface area contributed by atoms with Gasteiger partial charge in [0.1, 0.15) is 5.75 Å². The highest BCUT2D eigenvalue weighted by Crippen LogP contribution is 2.34. The van der Waals surface area contributed by atoms with E-state index in [9.17, 15) is 13.2 Å². The topological polar surface area (TPSA) is 69.7 Å². The first-order chi connectivity index (χ1) is 13.8. The van der Waals surface area contributed by atoms with E-state index in [1.807, 2.05) is 6.92 Å². The fourth-order valence-corrected chi connectivity index (χ4v) is 4.84. The third kappa shape index (κ3) is 5.29. The Balaban J connectivity index is 1.75. The van der Waals surface area contributed by atoms with Gasteiger partial charge in [0.25, 0.3) is 0 Å². The van der Waals surface area contributed by atoms with Crippen molar-refractivity contribution in [3.8, 4) is 0 Å². The molecule has 0 aromatic heterocycles. The number of piperazine rings is 1. The molecule has 1 amide bonds. The van der Waals surface area contributed by atoms with Crippen LogP contribution >= 0.6 is 11.6 Å². The molecule has 1 aliphatic rings. The number of aryl methyl sites for hydroxylation is 1. The van der Waals surface area contributed by atoms with Crippen LogP contribution in [0.3, 0.4) is 0 Å². The van der Waals surface area contributed by atoms with Gasteiger partial charge in [-0.05, 0) is 37.7 Å². The minimum Gasteiger partial charge on any atom is -0.366 e. The van der Waals surface area contributed by atoms with Gasteiger partial charge in [0.05, 0.1) is 21.3 Å². The zero-order valence-corrected chi connectivity index (χ0v) is 18.3. The smallest absolute Gasteiger partial charge is 0.240 e. The Labute approximate surface area is 177 Å². The van der Waals surface area contributed by atoms with Gasteiger partial charge in [-0.2, -0.15) is 0 Å². The molecule has 1 N–H and O–H groups in total. The van der Waals surface area contributed by atoms with Crippen molar-refractivity contribution >= 4 is 38.7 Å². The van der Waals surface area contributed by atoms with Gasteiger partial charge in [0, 0.05) is 26.2 Å². The van der Waals surface area contributed by atoms with Crippen LogP contribution in [-0.2, 0) is 14.6 Å². The minimum atomic E-state index is -3.72. The zero-order valence-electron chi connectivity index (χ0n) is 16.7. The Kier molecular flexibility index (Phi) is 6.82. The number of hydrogen-bond acceptors (Lipinski definition) is 5. The van der Waals surface area contributed by atoms with E-state index in [0.29, 0.717) is 10.7 Å². The number of sulfone groups is 1. The maximum Gasteiger partial charge on any atom is 0.240 e. The number of carbonyl (C=O) groups is 1. The van der Waals surface area contributed by atoms with E-state index in [2.05, 4.69) is 22.0 Å². The largest absolute Gasteiger partial charge is 0.366 e. The van der Waals surface area contributed by atoms with Gasteiger partial charge in [-0.1, -0.05) is 42.3 Å². The van der Waals surface area contributed by atoms with Crippen molar-refractivity contribution in [1.82, 2.24) is 4.90 Å². The standard InChI is InChI=1S/C21H26ClN3O3S/c1-3-24-11-13-25(14-12-24)21-18(22)5-4-6-19(21)23-20(26)15-29(27,28)17-9-7-16(2)8-10-17/h4-10H,3,11-15H2,1-2H3,(H,23,26). The highest BCUT2D eigenvalue weighted by atomic mass is 35.5. The Morgan fingerprint density at radius 3 is 2.34 bits per heavy atom. The summed E-state index contributed by atoms with van der Waals surface area (Å²) in [5, 5.41) is 3.29. The number of likely N-dealkylation sites (N-methyl/N-ethyl adjacent to an activating group) is 1. The number of nitrogens with zero attached hydrogens (tertiary/aromatic N) is 2. The van der Waals surface area contributed by atoms with Crippen molar-refractivity contribution < 1.29 is 13.2 Å². The maximum absolute atomic E-state index is 12.6. The van der Waals surface area contributed by atoms with Crippen LogP contribution in [0.5, 0.6) is 0 Å². The quantitative estimate of drug-likeness (QED) is 0.754. The second-order valence-corrected chi connectivity index (χ2v) is 9.57. The fraction of sp³-hybridized carbons (Fsp3) is 0.381. The third-order valence-corrected chi connectivity index (χ3v) is 7.04. The number of anilines is 2. The summed E-state index contributed by atoms with van der Waals surface area (Å²) in [7, 11) is -3.72. The highest BCUT2D eigenvalue weighted by Gasteiger charge is 2.23. The summed E-state index contributed by atoms with van der Waals surface area (Å²) in [4.78, 5) is 17.2. The maximum atomic E-state index is 12.6. The summed E-state index contributed by atoms with van der Waals surface area (Å²) in [5.74, 6) is -1.20. The number of benzene rings is 2. The Morgan fingerprint density at radius 1 is 1.07 bits per heavy atom. The lowest BCUT2D eigenvalue weighted by molar-refractivity contribution is -0.113.